The van der Waals surface area contributed by atoms with E-state index in [1.165, 1.54) is 22.7 Å². The zero-order chi connectivity index (χ0) is 17.8. The molecule has 0 saturated heterocycles. The quantitative estimate of drug-likeness (QED) is 0.604. The molecular weight excluding hydrogens is 368 g/mol. The van der Waals surface area contributed by atoms with Crippen molar-refractivity contribution in [2.75, 3.05) is 0 Å². The molecule has 0 amide bonds. The number of nitrogens with zero attached hydrogens (tertiary/aromatic N) is 4. The molecule has 0 N–H and O–H groups in total. The van der Waals surface area contributed by atoms with E-state index in [1.807, 2.05) is 48.5 Å². The third-order valence-corrected chi connectivity index (χ3v) is 6.93. The van der Waals surface area contributed by atoms with Crippen LogP contribution in [0.1, 0.15) is 0 Å². The van der Waals surface area contributed by atoms with E-state index in [2.05, 4.69) is 0 Å². The average Bonchev–Trinajstić information content (AvgIpc) is 3.37. The van der Waals surface area contributed by atoms with Crippen LogP contribution in [0.2, 0.25) is 0 Å². The first-order valence-corrected chi connectivity index (χ1v) is 9.30. The smallest absolute Gasteiger partial charge is 0.146 e. The lowest BCUT2D eigenvalue weighted by molar-refractivity contribution is 1.51. The number of rotatable bonds is 0. The first-order chi connectivity index (χ1) is 12.2. The van der Waals surface area contributed by atoms with Gasteiger partial charge in [0.15, 0.2) is 0 Å². The molecule has 25 heavy (non-hydrogen) atoms. The third-order valence-electron chi connectivity index (χ3n) is 3.24. The van der Waals surface area contributed by atoms with Gasteiger partial charge >= 0.3 is 0 Å². The van der Waals surface area contributed by atoms with Crippen molar-refractivity contribution in [1.82, 2.24) is 0 Å². The Labute approximate surface area is 153 Å². The lowest BCUT2D eigenvalue weighted by Gasteiger charge is -1.75. The summed E-state index contributed by atoms with van der Waals surface area (Å²) in [6, 6.07) is 19.0. The van der Waals surface area contributed by atoms with Gasteiger partial charge in [0.25, 0.3) is 0 Å². The highest BCUT2D eigenvalue weighted by molar-refractivity contribution is 7.13. The normalized spacial score (nSPS) is 12.3. The van der Waals surface area contributed by atoms with Gasteiger partial charge in [-0.15, -0.1) is 34.0 Å². The Hall–Kier alpha value is -3.20. The van der Waals surface area contributed by atoms with Gasteiger partial charge in [-0.1, -0.05) is 0 Å². The monoisotopic (exact) mass is 374 g/mol. The molecular formula is C18H6N4S3. The van der Waals surface area contributed by atoms with Crippen molar-refractivity contribution in [3.63, 3.8) is 0 Å². The Morgan fingerprint density at radius 1 is 0.520 bits per heavy atom. The van der Waals surface area contributed by atoms with Crippen LogP contribution in [0.5, 0.6) is 0 Å². The van der Waals surface area contributed by atoms with Crippen molar-refractivity contribution < 1.29 is 0 Å². The zero-order valence-corrected chi connectivity index (χ0v) is 14.9. The molecule has 116 valence electrons. The maximum Gasteiger partial charge on any atom is 0.146 e. The second-order valence-corrected chi connectivity index (χ2v) is 7.94. The molecule has 3 aromatic heterocycles. The lowest BCUT2D eigenvalue weighted by atomic mass is 10.3. The highest BCUT2D eigenvalue weighted by Crippen LogP contribution is 2.13. The lowest BCUT2D eigenvalue weighted by Crippen LogP contribution is -1.93. The van der Waals surface area contributed by atoms with Crippen molar-refractivity contribution in [3.8, 4) is 24.3 Å². The number of hydrogen-bond donors (Lipinski definition) is 0. The average molecular weight is 374 g/mol. The third kappa shape index (κ3) is 3.22. The molecule has 0 aliphatic carbocycles. The highest BCUT2D eigenvalue weighted by atomic mass is 32.1. The molecule has 0 radical (unpaired) electrons. The summed E-state index contributed by atoms with van der Waals surface area (Å²) in [5.74, 6) is 0. The van der Waals surface area contributed by atoms with Crippen LogP contribution in [0, 0.1) is 63.5 Å². The SMILES string of the molecule is N#CC(C#N)=c1cc/c(=c2/cc/c(=c3/ccc(=C(C#N)C#N)s3)s2)s1. The predicted molar refractivity (Wildman–Crippen MR) is 96.8 cm³/mol. The Morgan fingerprint density at radius 3 is 1.20 bits per heavy atom. The van der Waals surface area contributed by atoms with Crippen LogP contribution in [0.4, 0.5) is 0 Å². The Kier molecular flexibility index (Phi) is 4.75. The van der Waals surface area contributed by atoms with Gasteiger partial charge in [-0.3, -0.25) is 0 Å². The largest absolute Gasteiger partial charge is 0.192 e. The van der Waals surface area contributed by atoms with Crippen LogP contribution in [-0.4, -0.2) is 0 Å². The summed E-state index contributed by atoms with van der Waals surface area (Å²) in [6.07, 6.45) is 0. The van der Waals surface area contributed by atoms with Crippen molar-refractivity contribution in [2.24, 2.45) is 0 Å². The molecule has 0 unspecified atom stereocenters. The van der Waals surface area contributed by atoms with Crippen LogP contribution in [-0.2, 0) is 0 Å². The van der Waals surface area contributed by atoms with E-state index in [-0.39, 0.29) is 11.1 Å². The molecule has 0 saturated carbocycles. The fourth-order valence-electron chi connectivity index (χ4n) is 2.08. The van der Waals surface area contributed by atoms with Gasteiger partial charge in [-0.2, -0.15) is 21.0 Å². The Morgan fingerprint density at radius 2 is 0.840 bits per heavy atom. The van der Waals surface area contributed by atoms with Crippen molar-refractivity contribution in [2.45, 2.75) is 0 Å². The van der Waals surface area contributed by atoms with Gasteiger partial charge in [0, 0.05) is 18.1 Å². The first kappa shape index (κ1) is 16.7. The first-order valence-electron chi connectivity index (χ1n) is 6.85. The molecule has 0 spiro atoms. The molecule has 0 aliphatic rings. The summed E-state index contributed by atoms with van der Waals surface area (Å²) in [5.41, 5.74) is 0.235. The van der Waals surface area contributed by atoms with Crippen LogP contribution in [0.15, 0.2) is 36.4 Å². The van der Waals surface area contributed by atoms with E-state index in [0.717, 1.165) is 18.1 Å². The fraction of sp³-hybridized carbons (Fsp3) is 0. The highest BCUT2D eigenvalue weighted by Gasteiger charge is 1.99. The van der Waals surface area contributed by atoms with Gasteiger partial charge < -0.3 is 0 Å². The number of thiophene rings is 3. The Bertz CT molecular complexity index is 1300. The van der Waals surface area contributed by atoms with E-state index < -0.39 is 0 Å². The molecule has 7 heteroatoms. The van der Waals surface area contributed by atoms with Crippen LogP contribution in [0.3, 0.4) is 0 Å². The standard InChI is InChI=1S/C18H6N4S3/c19-7-11(8-20)13-1-3-15(23-13)17-5-6-18(25-17)16-4-2-14(24-16)12(9-21)10-22/h1-6H/b17-15+,18-16+. The van der Waals surface area contributed by atoms with Crippen LogP contribution < -0.4 is 9.06 Å². The molecule has 3 heterocycles. The molecule has 0 fully saturated rings. The summed E-state index contributed by atoms with van der Waals surface area (Å²) >= 11 is 4.41. The maximum absolute atomic E-state index is 8.95. The molecule has 4 nitrogen and oxygen atoms in total. The second kappa shape index (κ2) is 7.14. The van der Waals surface area contributed by atoms with Crippen molar-refractivity contribution >= 4 is 45.2 Å². The molecule has 0 aliphatic heterocycles. The van der Waals surface area contributed by atoms with Gasteiger partial charge in [0.2, 0.25) is 0 Å². The maximum atomic E-state index is 8.95. The molecule has 3 rings (SSSR count). The second-order valence-electron chi connectivity index (χ2n) is 4.69. The summed E-state index contributed by atoms with van der Waals surface area (Å²) in [6.45, 7) is 0. The summed E-state index contributed by atoms with van der Waals surface area (Å²) in [4.78, 5) is 0. The summed E-state index contributed by atoms with van der Waals surface area (Å²) in [7, 11) is 0. The predicted octanol–water partition coefficient (Wildman–Crippen LogP) is 2.84. The molecule has 0 bridgehead atoms. The van der Waals surface area contributed by atoms with E-state index in [0.29, 0.717) is 9.06 Å². The minimum Gasteiger partial charge on any atom is -0.192 e. The zero-order valence-electron chi connectivity index (χ0n) is 12.5. The van der Waals surface area contributed by atoms with Crippen LogP contribution in [0.25, 0.3) is 11.1 Å². The summed E-state index contributed by atoms with van der Waals surface area (Å²) < 4.78 is 5.40. The topological polar surface area (TPSA) is 95.2 Å². The van der Waals surface area contributed by atoms with Crippen molar-refractivity contribution in [3.05, 3.63) is 63.6 Å². The van der Waals surface area contributed by atoms with E-state index >= 15 is 0 Å². The molecule has 3 aromatic rings. The molecule has 0 aromatic carbocycles. The van der Waals surface area contributed by atoms with Gasteiger partial charge in [-0.25, -0.2) is 0 Å². The summed E-state index contributed by atoms with van der Waals surface area (Å²) in [5, 5.41) is 35.8. The van der Waals surface area contributed by atoms with Crippen molar-refractivity contribution in [1.29, 1.82) is 21.0 Å². The minimum absolute atomic E-state index is 0.118. The Balaban J connectivity index is 2.32. The minimum atomic E-state index is 0.118. The van der Waals surface area contributed by atoms with Gasteiger partial charge in [-0.05, 0) is 36.4 Å². The van der Waals surface area contributed by atoms with E-state index in [1.54, 1.807) is 23.5 Å². The van der Waals surface area contributed by atoms with Gasteiger partial charge in [0.05, 0.1) is 9.06 Å². The van der Waals surface area contributed by atoms with Gasteiger partial charge in [0.1, 0.15) is 35.4 Å². The van der Waals surface area contributed by atoms with E-state index in [9.17, 15) is 0 Å². The molecule has 0 atom stereocenters. The number of nitriles is 4. The van der Waals surface area contributed by atoms with Crippen LogP contribution >= 0.6 is 34.0 Å². The van der Waals surface area contributed by atoms with E-state index in [4.69, 9.17) is 21.0 Å². The number of hydrogen-bond acceptors (Lipinski definition) is 7. The fourth-order valence-corrected chi connectivity index (χ4v) is 5.17.